The summed E-state index contributed by atoms with van der Waals surface area (Å²) >= 11 is 1.09. The number of hydrogen-bond donors (Lipinski definition) is 1. The second-order valence-electron chi connectivity index (χ2n) is 5.05. The largest absolute Gasteiger partial charge is 0.416 e. The van der Waals surface area contributed by atoms with E-state index in [1.165, 1.54) is 30.3 Å². The average molecular weight is 354 g/mol. The Bertz CT molecular complexity index is 904. The Balaban J connectivity index is 1.73. The van der Waals surface area contributed by atoms with Crippen molar-refractivity contribution in [1.29, 1.82) is 0 Å². The van der Waals surface area contributed by atoms with E-state index in [2.05, 4.69) is 10.3 Å². The minimum Gasteiger partial charge on any atom is -0.302 e. The maximum Gasteiger partial charge on any atom is 0.416 e. The molecule has 0 aliphatic carbocycles. The summed E-state index contributed by atoms with van der Waals surface area (Å²) < 4.78 is 51.7. The number of hydrogen-bond acceptors (Lipinski definition) is 3. The predicted octanol–water partition coefficient (Wildman–Crippen LogP) is 4.64. The zero-order chi connectivity index (χ0) is 17.3. The Kier molecular flexibility index (Phi) is 4.23. The number of aromatic nitrogens is 1. The standard InChI is InChI=1S/C16H10F4N2OS/c17-11-4-5-12-13(8-11)24-15(21-12)22-14(23)7-9-2-1-3-10(6-9)16(18,19)20/h1-6,8H,7H2,(H,21,22,23). The highest BCUT2D eigenvalue weighted by molar-refractivity contribution is 7.22. The Morgan fingerprint density at radius 2 is 1.96 bits per heavy atom. The number of rotatable bonds is 3. The van der Waals surface area contributed by atoms with Gasteiger partial charge in [-0.3, -0.25) is 4.79 Å². The summed E-state index contributed by atoms with van der Waals surface area (Å²) in [6.07, 6.45) is -4.67. The number of amides is 1. The van der Waals surface area contributed by atoms with Crippen LogP contribution in [0, 0.1) is 5.82 Å². The van der Waals surface area contributed by atoms with Crippen LogP contribution < -0.4 is 5.32 Å². The first-order valence-corrected chi connectivity index (χ1v) is 7.65. The van der Waals surface area contributed by atoms with E-state index < -0.39 is 23.5 Å². The number of benzene rings is 2. The summed E-state index contributed by atoms with van der Waals surface area (Å²) in [5, 5.41) is 2.79. The number of carbonyl (C=O) groups excluding carboxylic acids is 1. The van der Waals surface area contributed by atoms with Crippen LogP contribution in [0.25, 0.3) is 10.2 Å². The van der Waals surface area contributed by atoms with Crippen molar-refractivity contribution in [3.8, 4) is 0 Å². The number of nitrogens with zero attached hydrogens (tertiary/aromatic N) is 1. The van der Waals surface area contributed by atoms with Gasteiger partial charge in [0.1, 0.15) is 5.82 Å². The fraction of sp³-hybridized carbons (Fsp3) is 0.125. The lowest BCUT2D eigenvalue weighted by Gasteiger charge is -2.08. The van der Waals surface area contributed by atoms with E-state index in [9.17, 15) is 22.4 Å². The van der Waals surface area contributed by atoms with Gasteiger partial charge in [-0.1, -0.05) is 29.5 Å². The number of thiazole rings is 1. The van der Waals surface area contributed by atoms with E-state index in [4.69, 9.17) is 0 Å². The molecule has 0 saturated heterocycles. The van der Waals surface area contributed by atoms with Crippen molar-refractivity contribution in [2.45, 2.75) is 12.6 Å². The molecule has 1 aromatic heterocycles. The Morgan fingerprint density at radius 3 is 2.71 bits per heavy atom. The Labute approximate surface area is 137 Å². The fourth-order valence-corrected chi connectivity index (χ4v) is 3.07. The van der Waals surface area contributed by atoms with Crippen molar-refractivity contribution < 1.29 is 22.4 Å². The monoisotopic (exact) mass is 354 g/mol. The topological polar surface area (TPSA) is 42.0 Å². The van der Waals surface area contributed by atoms with Gasteiger partial charge in [0.05, 0.1) is 22.2 Å². The van der Waals surface area contributed by atoms with Crippen LogP contribution in [-0.4, -0.2) is 10.9 Å². The number of anilines is 1. The minimum atomic E-state index is -4.45. The van der Waals surface area contributed by atoms with E-state index in [0.717, 1.165) is 23.5 Å². The zero-order valence-electron chi connectivity index (χ0n) is 12.0. The molecular weight excluding hydrogens is 344 g/mol. The summed E-state index contributed by atoms with van der Waals surface area (Å²) in [5.74, 6) is -0.901. The highest BCUT2D eigenvalue weighted by Crippen LogP contribution is 2.30. The van der Waals surface area contributed by atoms with Gasteiger partial charge in [0.25, 0.3) is 0 Å². The van der Waals surface area contributed by atoms with Crippen LogP contribution in [0.2, 0.25) is 0 Å². The molecule has 0 unspecified atom stereocenters. The second kappa shape index (κ2) is 6.20. The summed E-state index contributed by atoms with van der Waals surface area (Å²) in [4.78, 5) is 16.1. The first kappa shape index (κ1) is 16.4. The number of alkyl halides is 3. The van der Waals surface area contributed by atoms with Crippen molar-refractivity contribution in [3.05, 3.63) is 59.4 Å². The number of nitrogens with one attached hydrogen (secondary N) is 1. The van der Waals surface area contributed by atoms with Gasteiger partial charge in [0.15, 0.2) is 5.13 Å². The average Bonchev–Trinajstić information content (AvgIpc) is 2.87. The fourth-order valence-electron chi connectivity index (χ4n) is 2.16. The molecule has 0 saturated carbocycles. The van der Waals surface area contributed by atoms with E-state index in [1.807, 2.05) is 0 Å². The van der Waals surface area contributed by atoms with Crippen LogP contribution in [0.15, 0.2) is 42.5 Å². The molecule has 3 nitrogen and oxygen atoms in total. The summed E-state index contributed by atoms with van der Waals surface area (Å²) in [7, 11) is 0. The van der Waals surface area contributed by atoms with E-state index >= 15 is 0 Å². The third-order valence-corrected chi connectivity index (χ3v) is 4.15. The van der Waals surface area contributed by atoms with Crippen molar-refractivity contribution in [2.75, 3.05) is 5.32 Å². The maximum absolute atomic E-state index is 13.1. The smallest absolute Gasteiger partial charge is 0.302 e. The first-order valence-electron chi connectivity index (χ1n) is 6.83. The molecule has 3 rings (SSSR count). The van der Waals surface area contributed by atoms with Crippen LogP contribution >= 0.6 is 11.3 Å². The molecule has 0 radical (unpaired) electrons. The van der Waals surface area contributed by atoms with E-state index in [1.54, 1.807) is 0 Å². The van der Waals surface area contributed by atoms with Crippen LogP contribution in [0.4, 0.5) is 22.7 Å². The highest BCUT2D eigenvalue weighted by atomic mass is 32.1. The quantitative estimate of drug-likeness (QED) is 0.697. The molecule has 0 aliphatic heterocycles. The SMILES string of the molecule is O=C(Cc1cccc(C(F)(F)F)c1)Nc1nc2ccc(F)cc2s1. The molecule has 8 heteroatoms. The molecule has 1 heterocycles. The summed E-state index contributed by atoms with van der Waals surface area (Å²) in [6, 6.07) is 8.64. The van der Waals surface area contributed by atoms with Gasteiger partial charge < -0.3 is 5.32 Å². The van der Waals surface area contributed by atoms with Crippen LogP contribution in [0.3, 0.4) is 0 Å². The predicted molar refractivity (Wildman–Crippen MR) is 83.4 cm³/mol. The lowest BCUT2D eigenvalue weighted by Crippen LogP contribution is -2.15. The molecule has 0 bridgehead atoms. The summed E-state index contributed by atoms with van der Waals surface area (Å²) in [5.41, 5.74) is -0.0199. The molecule has 0 fully saturated rings. The molecule has 0 aliphatic rings. The Morgan fingerprint density at radius 1 is 1.17 bits per heavy atom. The minimum absolute atomic E-state index is 0.214. The third kappa shape index (κ3) is 3.70. The third-order valence-electron chi connectivity index (χ3n) is 3.22. The molecule has 124 valence electrons. The molecule has 24 heavy (non-hydrogen) atoms. The molecule has 2 aromatic carbocycles. The Hall–Kier alpha value is -2.48. The molecular formula is C16H10F4N2OS. The van der Waals surface area contributed by atoms with Gasteiger partial charge >= 0.3 is 6.18 Å². The molecule has 1 N–H and O–H groups in total. The van der Waals surface area contributed by atoms with Crippen molar-refractivity contribution in [3.63, 3.8) is 0 Å². The van der Waals surface area contributed by atoms with Gasteiger partial charge in [-0.15, -0.1) is 0 Å². The normalized spacial score (nSPS) is 11.7. The van der Waals surface area contributed by atoms with Crippen molar-refractivity contribution in [1.82, 2.24) is 4.98 Å². The van der Waals surface area contributed by atoms with E-state index in [0.29, 0.717) is 10.2 Å². The molecule has 1 amide bonds. The van der Waals surface area contributed by atoms with Gasteiger partial charge in [0, 0.05) is 0 Å². The lowest BCUT2D eigenvalue weighted by atomic mass is 10.1. The van der Waals surface area contributed by atoms with Gasteiger partial charge in [0.2, 0.25) is 5.91 Å². The van der Waals surface area contributed by atoms with Crippen LogP contribution in [0.1, 0.15) is 11.1 Å². The number of fused-ring (bicyclic) bond motifs is 1. The molecule has 0 atom stereocenters. The lowest BCUT2D eigenvalue weighted by molar-refractivity contribution is -0.137. The van der Waals surface area contributed by atoms with Crippen molar-refractivity contribution >= 4 is 32.6 Å². The number of halogens is 4. The number of carbonyl (C=O) groups is 1. The van der Waals surface area contributed by atoms with Crippen LogP contribution in [0.5, 0.6) is 0 Å². The second-order valence-corrected chi connectivity index (χ2v) is 6.08. The van der Waals surface area contributed by atoms with Crippen molar-refractivity contribution in [2.24, 2.45) is 0 Å². The molecule has 3 aromatic rings. The van der Waals surface area contributed by atoms with Gasteiger partial charge in [-0.2, -0.15) is 13.2 Å². The maximum atomic E-state index is 13.1. The van der Waals surface area contributed by atoms with Gasteiger partial charge in [-0.05, 0) is 29.8 Å². The molecule has 0 spiro atoms. The summed E-state index contributed by atoms with van der Waals surface area (Å²) in [6.45, 7) is 0. The highest BCUT2D eigenvalue weighted by Gasteiger charge is 2.30. The zero-order valence-corrected chi connectivity index (χ0v) is 12.8. The van der Waals surface area contributed by atoms with Crippen LogP contribution in [-0.2, 0) is 17.4 Å². The van der Waals surface area contributed by atoms with E-state index in [-0.39, 0.29) is 17.1 Å². The first-order chi connectivity index (χ1) is 11.3. The van der Waals surface area contributed by atoms with Gasteiger partial charge in [-0.25, -0.2) is 9.37 Å².